The number of anilines is 1. The van der Waals surface area contributed by atoms with E-state index in [1.54, 1.807) is 11.8 Å². The first-order valence-electron chi connectivity index (χ1n) is 7.38. The number of hydrogen-bond donors (Lipinski definition) is 1. The minimum absolute atomic E-state index is 0.0111. The summed E-state index contributed by atoms with van der Waals surface area (Å²) in [7, 11) is 0. The SMILES string of the molecule is CCOc1ccc(NC(=O)CS[C@H](C)c2ccccc2)cc1. The summed E-state index contributed by atoms with van der Waals surface area (Å²) in [6.07, 6.45) is 0. The van der Waals surface area contributed by atoms with E-state index < -0.39 is 0 Å². The maximum atomic E-state index is 12.0. The van der Waals surface area contributed by atoms with Gasteiger partial charge in [0, 0.05) is 10.9 Å². The maximum absolute atomic E-state index is 12.0. The monoisotopic (exact) mass is 315 g/mol. The van der Waals surface area contributed by atoms with Crippen molar-refractivity contribution in [1.29, 1.82) is 0 Å². The molecule has 1 atom stereocenters. The van der Waals surface area contributed by atoms with Crippen molar-refractivity contribution in [2.75, 3.05) is 17.7 Å². The molecule has 0 aliphatic carbocycles. The normalized spacial score (nSPS) is 11.7. The van der Waals surface area contributed by atoms with Gasteiger partial charge in [-0.25, -0.2) is 0 Å². The lowest BCUT2D eigenvalue weighted by molar-refractivity contribution is -0.113. The standard InChI is InChI=1S/C18H21NO2S/c1-3-21-17-11-9-16(10-12-17)19-18(20)13-22-14(2)15-7-5-4-6-8-15/h4-12,14H,3,13H2,1-2H3,(H,19,20)/t14-/m1/s1. The molecular weight excluding hydrogens is 294 g/mol. The van der Waals surface area contributed by atoms with Crippen molar-refractivity contribution in [2.45, 2.75) is 19.1 Å². The average molecular weight is 315 g/mol. The molecule has 1 N–H and O–H groups in total. The maximum Gasteiger partial charge on any atom is 0.234 e. The van der Waals surface area contributed by atoms with E-state index in [1.807, 2.05) is 49.4 Å². The van der Waals surface area contributed by atoms with Gasteiger partial charge in [-0.15, -0.1) is 11.8 Å². The van der Waals surface area contributed by atoms with Crippen LogP contribution in [0.3, 0.4) is 0 Å². The third kappa shape index (κ3) is 5.11. The molecule has 2 aromatic carbocycles. The van der Waals surface area contributed by atoms with Crippen molar-refractivity contribution in [3.8, 4) is 5.75 Å². The fourth-order valence-corrected chi connectivity index (χ4v) is 2.84. The van der Waals surface area contributed by atoms with Crippen LogP contribution >= 0.6 is 11.8 Å². The zero-order chi connectivity index (χ0) is 15.8. The number of ether oxygens (including phenoxy) is 1. The summed E-state index contributed by atoms with van der Waals surface area (Å²) in [5, 5.41) is 3.20. The number of hydrogen-bond acceptors (Lipinski definition) is 3. The van der Waals surface area contributed by atoms with Gasteiger partial charge in [0.05, 0.1) is 12.4 Å². The number of carbonyl (C=O) groups excluding carboxylic acids is 1. The van der Waals surface area contributed by atoms with Gasteiger partial charge >= 0.3 is 0 Å². The van der Waals surface area contributed by atoms with Gasteiger partial charge in [-0.1, -0.05) is 30.3 Å². The predicted octanol–water partition coefficient (Wildman–Crippen LogP) is 4.52. The highest BCUT2D eigenvalue weighted by molar-refractivity contribution is 8.00. The van der Waals surface area contributed by atoms with Crippen molar-refractivity contribution in [3.63, 3.8) is 0 Å². The number of benzene rings is 2. The van der Waals surface area contributed by atoms with Crippen LogP contribution in [0, 0.1) is 0 Å². The lowest BCUT2D eigenvalue weighted by Gasteiger charge is -2.12. The first-order chi connectivity index (χ1) is 10.7. The van der Waals surface area contributed by atoms with Crippen molar-refractivity contribution < 1.29 is 9.53 Å². The molecule has 0 aliphatic heterocycles. The topological polar surface area (TPSA) is 38.3 Å². The van der Waals surface area contributed by atoms with Gasteiger partial charge in [0.15, 0.2) is 0 Å². The van der Waals surface area contributed by atoms with Crippen LogP contribution in [0.5, 0.6) is 5.75 Å². The first-order valence-corrected chi connectivity index (χ1v) is 8.43. The van der Waals surface area contributed by atoms with E-state index in [4.69, 9.17) is 4.74 Å². The Morgan fingerprint density at radius 3 is 2.45 bits per heavy atom. The van der Waals surface area contributed by atoms with E-state index >= 15 is 0 Å². The van der Waals surface area contributed by atoms with Gasteiger partial charge in [-0.3, -0.25) is 4.79 Å². The van der Waals surface area contributed by atoms with Crippen molar-refractivity contribution in [1.82, 2.24) is 0 Å². The lowest BCUT2D eigenvalue weighted by Crippen LogP contribution is -2.14. The van der Waals surface area contributed by atoms with Gasteiger partial charge in [0.1, 0.15) is 5.75 Å². The molecule has 0 unspecified atom stereocenters. The Bertz CT molecular complexity index is 584. The van der Waals surface area contributed by atoms with Gasteiger partial charge in [-0.05, 0) is 43.7 Å². The summed E-state index contributed by atoms with van der Waals surface area (Å²) < 4.78 is 5.38. The molecule has 1 amide bonds. The molecule has 0 fully saturated rings. The second-order valence-corrected chi connectivity index (χ2v) is 6.20. The predicted molar refractivity (Wildman–Crippen MR) is 93.6 cm³/mol. The van der Waals surface area contributed by atoms with Crippen LogP contribution in [-0.2, 0) is 4.79 Å². The molecule has 22 heavy (non-hydrogen) atoms. The largest absolute Gasteiger partial charge is 0.494 e. The highest BCUT2D eigenvalue weighted by Gasteiger charge is 2.09. The summed E-state index contributed by atoms with van der Waals surface area (Å²) in [6.45, 7) is 4.70. The smallest absolute Gasteiger partial charge is 0.234 e. The summed E-state index contributed by atoms with van der Waals surface area (Å²) in [6, 6.07) is 17.6. The average Bonchev–Trinajstić information content (AvgIpc) is 2.55. The van der Waals surface area contributed by atoms with Gasteiger partial charge in [0.2, 0.25) is 5.91 Å². The van der Waals surface area contributed by atoms with Gasteiger partial charge < -0.3 is 10.1 Å². The number of rotatable bonds is 7. The summed E-state index contributed by atoms with van der Waals surface area (Å²) in [4.78, 5) is 12.0. The zero-order valence-corrected chi connectivity index (χ0v) is 13.7. The molecule has 116 valence electrons. The molecule has 0 spiro atoms. The molecule has 4 heteroatoms. The Labute approximate surface area is 136 Å². The molecule has 2 rings (SSSR count). The Kier molecular flexibility index (Phi) is 6.34. The molecule has 0 aromatic heterocycles. The highest BCUT2D eigenvalue weighted by Crippen LogP contribution is 2.27. The summed E-state index contributed by atoms with van der Waals surface area (Å²) in [5.41, 5.74) is 2.03. The minimum Gasteiger partial charge on any atom is -0.494 e. The van der Waals surface area contributed by atoms with E-state index in [0.717, 1.165) is 11.4 Å². The second kappa shape index (κ2) is 8.49. The Hall–Kier alpha value is -1.94. The number of amides is 1. The molecule has 0 saturated carbocycles. The van der Waals surface area contributed by atoms with E-state index in [0.29, 0.717) is 17.6 Å². The molecule has 0 bridgehead atoms. The van der Waals surface area contributed by atoms with Crippen LogP contribution in [0.4, 0.5) is 5.69 Å². The van der Waals surface area contributed by atoms with Crippen molar-refractivity contribution in [2.24, 2.45) is 0 Å². The van der Waals surface area contributed by atoms with E-state index in [-0.39, 0.29) is 5.91 Å². The number of carbonyl (C=O) groups is 1. The zero-order valence-electron chi connectivity index (χ0n) is 12.9. The van der Waals surface area contributed by atoms with Gasteiger partial charge in [-0.2, -0.15) is 0 Å². The second-order valence-electron chi connectivity index (χ2n) is 4.87. The number of thioether (sulfide) groups is 1. The van der Waals surface area contributed by atoms with Crippen LogP contribution in [0.15, 0.2) is 54.6 Å². The molecule has 0 heterocycles. The van der Waals surface area contributed by atoms with E-state index in [1.165, 1.54) is 5.56 Å². The van der Waals surface area contributed by atoms with Gasteiger partial charge in [0.25, 0.3) is 0 Å². The van der Waals surface area contributed by atoms with Crippen LogP contribution < -0.4 is 10.1 Å². The molecule has 0 radical (unpaired) electrons. The lowest BCUT2D eigenvalue weighted by atomic mass is 10.2. The molecule has 0 aliphatic rings. The molecular formula is C18H21NO2S. The van der Waals surface area contributed by atoms with Crippen molar-refractivity contribution >= 4 is 23.4 Å². The Morgan fingerprint density at radius 1 is 1.14 bits per heavy atom. The molecule has 2 aromatic rings. The molecule has 3 nitrogen and oxygen atoms in total. The van der Waals surface area contributed by atoms with Crippen LogP contribution in [-0.4, -0.2) is 18.3 Å². The fraction of sp³-hybridized carbons (Fsp3) is 0.278. The third-order valence-electron chi connectivity index (χ3n) is 3.18. The summed E-state index contributed by atoms with van der Waals surface area (Å²) in [5.74, 6) is 1.26. The first kappa shape index (κ1) is 16.4. The fourth-order valence-electron chi connectivity index (χ4n) is 2.02. The van der Waals surface area contributed by atoms with Crippen LogP contribution in [0.2, 0.25) is 0 Å². The van der Waals surface area contributed by atoms with Crippen molar-refractivity contribution in [3.05, 3.63) is 60.2 Å². The Morgan fingerprint density at radius 2 is 1.82 bits per heavy atom. The number of nitrogens with one attached hydrogen (secondary N) is 1. The Balaban J connectivity index is 1.80. The highest BCUT2D eigenvalue weighted by atomic mass is 32.2. The third-order valence-corrected chi connectivity index (χ3v) is 4.38. The van der Waals surface area contributed by atoms with Crippen LogP contribution in [0.25, 0.3) is 0 Å². The quantitative estimate of drug-likeness (QED) is 0.816. The minimum atomic E-state index is 0.0111. The van der Waals surface area contributed by atoms with E-state index in [2.05, 4.69) is 24.4 Å². The van der Waals surface area contributed by atoms with Crippen LogP contribution in [0.1, 0.15) is 24.7 Å². The van der Waals surface area contributed by atoms with E-state index in [9.17, 15) is 4.79 Å². The summed E-state index contributed by atoms with van der Waals surface area (Å²) >= 11 is 1.63. The molecule has 0 saturated heterocycles.